The molecule has 1 aromatic carbocycles. The molecule has 0 spiro atoms. The average Bonchev–Trinajstić information content (AvgIpc) is 2.15. The maximum Gasteiger partial charge on any atom is 0.253 e. The van der Waals surface area contributed by atoms with Crippen molar-refractivity contribution < 1.29 is 9.53 Å². The van der Waals surface area contributed by atoms with Crippen LogP contribution in [0.15, 0.2) is 18.2 Å². The second kappa shape index (κ2) is 3.81. The first-order valence-electron chi connectivity index (χ1n) is 4.95. The molecule has 2 N–H and O–H groups in total. The molecule has 0 aromatic heterocycles. The van der Waals surface area contributed by atoms with E-state index in [-0.39, 0.29) is 5.91 Å². The summed E-state index contributed by atoms with van der Waals surface area (Å²) in [6.45, 7) is 1.71. The summed E-state index contributed by atoms with van der Waals surface area (Å²) in [5.74, 6) is 0.612. The first kappa shape index (κ1) is 9.83. The van der Waals surface area contributed by atoms with Gasteiger partial charge in [0.25, 0.3) is 5.91 Å². The highest BCUT2D eigenvalue weighted by molar-refractivity contribution is 5.95. The van der Waals surface area contributed by atoms with E-state index in [2.05, 4.69) is 0 Å². The van der Waals surface area contributed by atoms with Crippen LogP contribution in [0.1, 0.15) is 16.8 Å². The molecule has 4 nitrogen and oxygen atoms in total. The van der Waals surface area contributed by atoms with Crippen LogP contribution in [0.2, 0.25) is 0 Å². The fraction of sp³-hybridized carbons (Fsp3) is 0.364. The van der Waals surface area contributed by atoms with Crippen molar-refractivity contribution in [1.82, 2.24) is 4.90 Å². The molecule has 80 valence electrons. The van der Waals surface area contributed by atoms with Crippen LogP contribution in [0.3, 0.4) is 0 Å². The van der Waals surface area contributed by atoms with Crippen LogP contribution in [0.5, 0.6) is 5.75 Å². The van der Waals surface area contributed by atoms with Crippen molar-refractivity contribution in [2.24, 2.45) is 0 Å². The largest absolute Gasteiger partial charge is 0.495 e. The number of nitrogen functional groups attached to an aromatic ring is 1. The number of nitrogens with two attached hydrogens (primary N) is 1. The standard InChI is InChI=1S/C11H14N2O2/c1-15-10-7-8(3-4-9(10)12)11(14)13-5-2-6-13/h3-4,7H,2,5-6,12H2,1H3. The molecular formula is C11H14N2O2. The zero-order valence-electron chi connectivity index (χ0n) is 8.69. The van der Waals surface area contributed by atoms with Gasteiger partial charge in [0.2, 0.25) is 0 Å². The quantitative estimate of drug-likeness (QED) is 0.738. The molecule has 0 atom stereocenters. The Kier molecular flexibility index (Phi) is 2.49. The highest BCUT2D eigenvalue weighted by Crippen LogP contribution is 2.23. The smallest absolute Gasteiger partial charge is 0.253 e. The van der Waals surface area contributed by atoms with Crippen molar-refractivity contribution in [3.63, 3.8) is 0 Å². The van der Waals surface area contributed by atoms with E-state index in [1.807, 2.05) is 4.90 Å². The fourth-order valence-electron chi connectivity index (χ4n) is 1.55. The Bertz CT molecular complexity index is 386. The number of rotatable bonds is 2. The summed E-state index contributed by atoms with van der Waals surface area (Å²) in [4.78, 5) is 13.6. The van der Waals surface area contributed by atoms with Gasteiger partial charge < -0.3 is 15.4 Å². The zero-order chi connectivity index (χ0) is 10.8. The van der Waals surface area contributed by atoms with Crippen LogP contribution in [-0.4, -0.2) is 31.0 Å². The summed E-state index contributed by atoms with van der Waals surface area (Å²) >= 11 is 0. The third kappa shape index (κ3) is 1.75. The first-order chi connectivity index (χ1) is 7.22. The summed E-state index contributed by atoms with van der Waals surface area (Å²) in [5, 5.41) is 0. The SMILES string of the molecule is COc1cc(C(=O)N2CCC2)ccc1N. The maximum absolute atomic E-state index is 11.8. The molecule has 0 unspecified atom stereocenters. The second-order valence-electron chi connectivity index (χ2n) is 3.60. The molecule has 1 saturated heterocycles. The molecule has 0 saturated carbocycles. The summed E-state index contributed by atoms with van der Waals surface area (Å²) in [7, 11) is 1.55. The second-order valence-corrected chi connectivity index (χ2v) is 3.60. The van der Waals surface area contributed by atoms with Gasteiger partial charge in [-0.15, -0.1) is 0 Å². The number of hydrogen-bond donors (Lipinski definition) is 1. The molecule has 1 aromatic rings. The van der Waals surface area contributed by atoms with E-state index < -0.39 is 0 Å². The van der Waals surface area contributed by atoms with E-state index in [0.717, 1.165) is 19.5 Å². The highest BCUT2D eigenvalue weighted by Gasteiger charge is 2.21. The Hall–Kier alpha value is -1.71. The van der Waals surface area contributed by atoms with Crippen LogP contribution >= 0.6 is 0 Å². The van der Waals surface area contributed by atoms with Crippen LogP contribution in [-0.2, 0) is 0 Å². The van der Waals surface area contributed by atoms with Gasteiger partial charge in [0, 0.05) is 18.7 Å². The van der Waals surface area contributed by atoms with Crippen LogP contribution in [0, 0.1) is 0 Å². The number of ether oxygens (including phenoxy) is 1. The lowest BCUT2D eigenvalue weighted by Gasteiger charge is -2.31. The zero-order valence-corrected chi connectivity index (χ0v) is 8.69. The lowest BCUT2D eigenvalue weighted by atomic mass is 10.1. The van der Waals surface area contributed by atoms with E-state index in [0.29, 0.717) is 17.0 Å². The molecule has 1 aliphatic heterocycles. The molecule has 1 heterocycles. The molecule has 1 fully saturated rings. The molecule has 1 amide bonds. The van der Waals surface area contributed by atoms with Gasteiger partial charge in [-0.2, -0.15) is 0 Å². The fourth-order valence-corrected chi connectivity index (χ4v) is 1.55. The average molecular weight is 206 g/mol. The predicted molar refractivity (Wildman–Crippen MR) is 57.9 cm³/mol. The maximum atomic E-state index is 11.8. The van der Waals surface area contributed by atoms with Crippen LogP contribution < -0.4 is 10.5 Å². The van der Waals surface area contributed by atoms with Gasteiger partial charge in [-0.05, 0) is 24.6 Å². The lowest BCUT2D eigenvalue weighted by molar-refractivity contribution is 0.0651. The Morgan fingerprint density at radius 1 is 1.47 bits per heavy atom. The van der Waals surface area contributed by atoms with E-state index in [9.17, 15) is 4.79 Å². The Balaban J connectivity index is 2.24. The van der Waals surface area contributed by atoms with Crippen molar-refractivity contribution in [2.45, 2.75) is 6.42 Å². The third-order valence-electron chi connectivity index (χ3n) is 2.62. The summed E-state index contributed by atoms with van der Waals surface area (Å²) in [6.07, 6.45) is 1.10. The van der Waals surface area contributed by atoms with E-state index in [1.165, 1.54) is 0 Å². The Morgan fingerprint density at radius 3 is 2.73 bits per heavy atom. The van der Waals surface area contributed by atoms with E-state index in [1.54, 1.807) is 25.3 Å². The number of hydrogen-bond acceptors (Lipinski definition) is 3. The number of anilines is 1. The monoisotopic (exact) mass is 206 g/mol. The minimum atomic E-state index is 0.0551. The normalized spacial score (nSPS) is 14.6. The van der Waals surface area contributed by atoms with Gasteiger partial charge in [-0.3, -0.25) is 4.79 Å². The van der Waals surface area contributed by atoms with Crippen molar-refractivity contribution in [3.05, 3.63) is 23.8 Å². The molecule has 1 aliphatic rings. The van der Waals surface area contributed by atoms with Gasteiger partial charge in [0.15, 0.2) is 0 Å². The minimum absolute atomic E-state index is 0.0551. The molecule has 2 rings (SSSR count). The number of nitrogens with zero attached hydrogens (tertiary/aromatic N) is 1. The minimum Gasteiger partial charge on any atom is -0.495 e. The van der Waals surface area contributed by atoms with Gasteiger partial charge in [0.1, 0.15) is 5.75 Å². The van der Waals surface area contributed by atoms with Gasteiger partial charge in [0.05, 0.1) is 12.8 Å². The highest BCUT2D eigenvalue weighted by atomic mass is 16.5. The summed E-state index contributed by atoms with van der Waals surface area (Å²) < 4.78 is 5.07. The van der Waals surface area contributed by atoms with Crippen molar-refractivity contribution in [1.29, 1.82) is 0 Å². The Labute approximate surface area is 88.6 Å². The molecule has 0 radical (unpaired) electrons. The van der Waals surface area contributed by atoms with Gasteiger partial charge in [-0.1, -0.05) is 0 Å². The molecule has 15 heavy (non-hydrogen) atoms. The van der Waals surface area contributed by atoms with E-state index in [4.69, 9.17) is 10.5 Å². The first-order valence-corrected chi connectivity index (χ1v) is 4.95. The van der Waals surface area contributed by atoms with Crippen LogP contribution in [0.25, 0.3) is 0 Å². The topological polar surface area (TPSA) is 55.6 Å². The van der Waals surface area contributed by atoms with Crippen molar-refractivity contribution >= 4 is 11.6 Å². The van der Waals surface area contributed by atoms with Crippen molar-refractivity contribution in [3.8, 4) is 5.75 Å². The van der Waals surface area contributed by atoms with Crippen molar-refractivity contribution in [2.75, 3.05) is 25.9 Å². The molecular weight excluding hydrogens is 192 g/mol. The summed E-state index contributed by atoms with van der Waals surface area (Å²) in [5.41, 5.74) is 6.87. The number of carbonyl (C=O) groups excluding carboxylic acids is 1. The number of likely N-dealkylation sites (tertiary alicyclic amines) is 1. The Morgan fingerprint density at radius 2 is 2.20 bits per heavy atom. The third-order valence-corrected chi connectivity index (χ3v) is 2.62. The molecule has 4 heteroatoms. The number of carbonyl (C=O) groups is 1. The van der Waals surface area contributed by atoms with Crippen LogP contribution in [0.4, 0.5) is 5.69 Å². The molecule has 0 aliphatic carbocycles. The lowest BCUT2D eigenvalue weighted by Crippen LogP contribution is -2.42. The number of amides is 1. The number of methoxy groups -OCH3 is 1. The van der Waals surface area contributed by atoms with Gasteiger partial charge >= 0.3 is 0 Å². The van der Waals surface area contributed by atoms with Gasteiger partial charge in [-0.25, -0.2) is 0 Å². The summed E-state index contributed by atoms with van der Waals surface area (Å²) in [6, 6.07) is 5.13. The van der Waals surface area contributed by atoms with E-state index >= 15 is 0 Å². The number of benzene rings is 1. The predicted octanol–water partition coefficient (Wildman–Crippen LogP) is 1.12. The molecule has 0 bridgehead atoms.